The van der Waals surface area contributed by atoms with E-state index in [1.54, 1.807) is 0 Å². The molecule has 0 spiro atoms. The number of benzene rings is 4. The van der Waals surface area contributed by atoms with Crippen molar-refractivity contribution in [1.29, 1.82) is 0 Å². The molecule has 200 valence electrons. The fraction of sp³-hybridized carbons (Fsp3) is 0.105. The van der Waals surface area contributed by atoms with Gasteiger partial charge in [0.1, 0.15) is 11.5 Å². The highest BCUT2D eigenvalue weighted by molar-refractivity contribution is 6.03. The summed E-state index contributed by atoms with van der Waals surface area (Å²) in [5.74, 6) is 2.94. The van der Waals surface area contributed by atoms with Gasteiger partial charge in [-0.1, -0.05) is 103 Å². The van der Waals surface area contributed by atoms with Gasteiger partial charge in [-0.3, -0.25) is 4.57 Å². The van der Waals surface area contributed by atoms with E-state index in [2.05, 4.69) is 120 Å². The largest absolute Gasteiger partial charge is 0.465 e. The highest BCUT2D eigenvalue weighted by Gasteiger charge is 2.32. The average molecular weight is 542 g/mol. The molecule has 42 heavy (non-hydrogen) atoms. The fourth-order valence-electron chi connectivity index (χ4n) is 6.88. The van der Waals surface area contributed by atoms with E-state index < -0.39 is 0 Å². The summed E-state index contributed by atoms with van der Waals surface area (Å²) in [5, 5.41) is 2.27. The first-order valence-electron chi connectivity index (χ1n) is 14.7. The lowest BCUT2D eigenvalue weighted by Crippen LogP contribution is -2.10. The lowest BCUT2D eigenvalue weighted by atomic mass is 9.88. The predicted molar refractivity (Wildman–Crippen MR) is 170 cm³/mol. The van der Waals surface area contributed by atoms with Crippen LogP contribution in [0.5, 0.6) is 0 Å². The second kappa shape index (κ2) is 9.15. The molecule has 4 aromatic carbocycles. The topological polar surface area (TPSA) is 43.9 Å². The van der Waals surface area contributed by atoms with Crippen LogP contribution in [0.3, 0.4) is 0 Å². The quantitative estimate of drug-likeness (QED) is 0.224. The van der Waals surface area contributed by atoms with Crippen LogP contribution < -0.4 is 0 Å². The Morgan fingerprint density at radius 2 is 1.33 bits per heavy atom. The smallest absolute Gasteiger partial charge is 0.235 e. The molecule has 2 aliphatic carbocycles. The van der Waals surface area contributed by atoms with Crippen LogP contribution >= 0.6 is 0 Å². The van der Waals surface area contributed by atoms with Crippen molar-refractivity contribution in [2.45, 2.75) is 25.7 Å². The number of rotatable bonds is 3. The first-order chi connectivity index (χ1) is 20.8. The van der Waals surface area contributed by atoms with Gasteiger partial charge >= 0.3 is 0 Å². The summed E-state index contributed by atoms with van der Waals surface area (Å²) in [4.78, 5) is 10.5. The second-order valence-corrected chi connectivity index (χ2v) is 11.2. The van der Waals surface area contributed by atoms with Gasteiger partial charge in [0.25, 0.3) is 0 Å². The van der Waals surface area contributed by atoms with E-state index in [1.807, 2.05) is 0 Å². The third-order valence-corrected chi connectivity index (χ3v) is 8.79. The van der Waals surface area contributed by atoms with Crippen LogP contribution in [0.2, 0.25) is 0 Å². The van der Waals surface area contributed by atoms with Crippen LogP contribution in [0.1, 0.15) is 29.2 Å². The fourth-order valence-corrected chi connectivity index (χ4v) is 6.88. The number of hydrogen-bond acceptors (Lipinski definition) is 3. The Labute approximate surface area is 243 Å². The molecule has 0 radical (unpaired) electrons. The molecule has 0 fully saturated rings. The number of fused-ring (bicyclic) bond motifs is 8. The van der Waals surface area contributed by atoms with Crippen LogP contribution in [-0.4, -0.2) is 14.5 Å². The summed E-state index contributed by atoms with van der Waals surface area (Å²) in [6.07, 6.45) is 8.28. The Kier molecular flexibility index (Phi) is 5.12. The van der Waals surface area contributed by atoms with Crippen molar-refractivity contribution in [2.24, 2.45) is 0 Å². The van der Waals surface area contributed by atoms with Crippen molar-refractivity contribution in [3.05, 3.63) is 132 Å². The summed E-state index contributed by atoms with van der Waals surface area (Å²) in [5.41, 5.74) is 11.5. The summed E-state index contributed by atoms with van der Waals surface area (Å²) < 4.78 is 8.73. The maximum Gasteiger partial charge on any atom is 0.235 e. The maximum absolute atomic E-state index is 6.43. The number of aryl methyl sites for hydroxylation is 2. The molecular formula is C38H27N3O. The molecule has 0 atom stereocenters. The van der Waals surface area contributed by atoms with Gasteiger partial charge in [0.15, 0.2) is 0 Å². The molecule has 0 bridgehead atoms. The van der Waals surface area contributed by atoms with E-state index >= 15 is 0 Å². The molecule has 0 unspecified atom stereocenters. The second-order valence-electron chi connectivity index (χ2n) is 11.2. The minimum Gasteiger partial charge on any atom is -0.465 e. The number of furan rings is 1. The molecular weight excluding hydrogens is 514 g/mol. The molecule has 4 nitrogen and oxygen atoms in total. The van der Waals surface area contributed by atoms with Crippen molar-refractivity contribution in [2.75, 3.05) is 0 Å². The van der Waals surface area contributed by atoms with Crippen molar-refractivity contribution < 1.29 is 4.42 Å². The van der Waals surface area contributed by atoms with Crippen molar-refractivity contribution in [3.8, 4) is 39.5 Å². The minimum atomic E-state index is 0.713. The molecule has 0 saturated heterocycles. The van der Waals surface area contributed by atoms with E-state index in [0.717, 1.165) is 64.9 Å². The molecule has 0 saturated carbocycles. The minimum absolute atomic E-state index is 0.713. The molecule has 3 aromatic heterocycles. The van der Waals surface area contributed by atoms with Gasteiger partial charge in [0.2, 0.25) is 5.95 Å². The predicted octanol–water partition coefficient (Wildman–Crippen LogP) is 9.23. The lowest BCUT2D eigenvalue weighted by Gasteiger charge is -2.17. The zero-order chi connectivity index (χ0) is 27.6. The monoisotopic (exact) mass is 541 g/mol. The number of para-hydroxylation sites is 2. The molecule has 4 heteroatoms. The van der Waals surface area contributed by atoms with Gasteiger partial charge in [-0.15, -0.1) is 0 Å². The molecule has 0 N–H and O–H groups in total. The third-order valence-electron chi connectivity index (χ3n) is 8.79. The van der Waals surface area contributed by atoms with Crippen molar-refractivity contribution in [3.63, 3.8) is 0 Å². The molecule has 0 amide bonds. The Balaban J connectivity index is 1.27. The van der Waals surface area contributed by atoms with E-state index in [4.69, 9.17) is 14.4 Å². The number of hydrogen-bond donors (Lipinski definition) is 0. The first kappa shape index (κ1) is 23.5. The molecule has 7 aromatic rings. The van der Waals surface area contributed by atoms with E-state index in [0.29, 0.717) is 5.95 Å². The summed E-state index contributed by atoms with van der Waals surface area (Å²) in [7, 11) is 0. The first-order valence-corrected chi connectivity index (χ1v) is 14.7. The zero-order valence-corrected chi connectivity index (χ0v) is 23.0. The van der Waals surface area contributed by atoms with Gasteiger partial charge in [0, 0.05) is 51.6 Å². The average Bonchev–Trinajstić information content (AvgIpc) is 3.60. The highest BCUT2D eigenvalue weighted by atomic mass is 16.3. The molecule has 2 aliphatic rings. The van der Waals surface area contributed by atoms with E-state index in [-0.39, 0.29) is 0 Å². The van der Waals surface area contributed by atoms with Crippen molar-refractivity contribution in [1.82, 2.24) is 14.5 Å². The van der Waals surface area contributed by atoms with E-state index in [1.165, 1.54) is 38.9 Å². The van der Waals surface area contributed by atoms with E-state index in [9.17, 15) is 0 Å². The lowest BCUT2D eigenvalue weighted by molar-refractivity contribution is 0.461. The van der Waals surface area contributed by atoms with Crippen LogP contribution in [0.15, 0.2) is 114 Å². The standard InChI is InChI=1S/C38H27N3O/c1-2-10-24(11-3-1)25-18-20-26(21-19-25)37-27-12-4-7-15-30(27)39-38(40-37)41-31-16-8-5-13-28(31)35-32(41)22-23-34-36(35)29-14-6-9-17-33(29)42-34/h1-8,10-16,18-21H,9,17,22-23H2. The van der Waals surface area contributed by atoms with Crippen LogP contribution in [-0.2, 0) is 19.3 Å². The number of nitrogens with zero attached hydrogens (tertiary/aromatic N) is 3. The van der Waals surface area contributed by atoms with Crippen LogP contribution in [0, 0.1) is 0 Å². The Bertz CT molecular complexity index is 2180. The normalized spacial score (nSPS) is 13.7. The van der Waals surface area contributed by atoms with Crippen molar-refractivity contribution >= 4 is 27.9 Å². The van der Waals surface area contributed by atoms with Gasteiger partial charge in [0.05, 0.1) is 16.7 Å². The Morgan fingerprint density at radius 3 is 2.21 bits per heavy atom. The van der Waals surface area contributed by atoms with Crippen LogP contribution in [0.25, 0.3) is 67.3 Å². The number of allylic oxidation sites excluding steroid dienone is 1. The molecule has 0 aliphatic heterocycles. The van der Waals surface area contributed by atoms with Gasteiger partial charge in [-0.25, -0.2) is 9.97 Å². The van der Waals surface area contributed by atoms with Gasteiger partial charge < -0.3 is 4.42 Å². The van der Waals surface area contributed by atoms with Gasteiger partial charge in [-0.05, 0) is 36.1 Å². The Hall–Kier alpha value is -5.22. The van der Waals surface area contributed by atoms with Gasteiger partial charge in [-0.2, -0.15) is 0 Å². The summed E-state index contributed by atoms with van der Waals surface area (Å²) >= 11 is 0. The summed E-state index contributed by atoms with van der Waals surface area (Å²) in [6, 6.07) is 36.2. The Morgan fingerprint density at radius 1 is 0.595 bits per heavy atom. The highest BCUT2D eigenvalue weighted by Crippen LogP contribution is 2.47. The third kappa shape index (κ3) is 3.48. The maximum atomic E-state index is 6.43. The summed E-state index contributed by atoms with van der Waals surface area (Å²) in [6.45, 7) is 0. The molecule has 3 heterocycles. The molecule has 9 rings (SSSR count). The SMILES string of the molecule is C1=Cc2c(oc3c2-c2c(n(-c4nc(-c5ccc(-c6ccccc6)cc5)c5ccccc5n4)c4ccccc24)CC3)CC1. The zero-order valence-electron chi connectivity index (χ0n) is 23.0. The number of aromatic nitrogens is 3. The van der Waals surface area contributed by atoms with Crippen LogP contribution in [0.4, 0.5) is 0 Å².